The molecule has 84 valence electrons. The van der Waals surface area contributed by atoms with E-state index in [4.69, 9.17) is 10.00 Å². The van der Waals surface area contributed by atoms with Gasteiger partial charge in [0.15, 0.2) is 0 Å². The minimum atomic E-state index is -0.330. The summed E-state index contributed by atoms with van der Waals surface area (Å²) in [6.45, 7) is 2.09. The Kier molecular flexibility index (Phi) is 4.97. The summed E-state index contributed by atoms with van der Waals surface area (Å²) >= 11 is 6.60. The van der Waals surface area contributed by atoms with E-state index in [0.717, 1.165) is 4.47 Å². The third kappa shape index (κ3) is 3.32. The zero-order chi connectivity index (χ0) is 12.1. The van der Waals surface area contributed by atoms with Crippen LogP contribution in [-0.2, 0) is 16.0 Å². The largest absolute Gasteiger partial charge is 0.466 e. The van der Waals surface area contributed by atoms with Crippen molar-refractivity contribution in [3.63, 3.8) is 0 Å². The van der Waals surface area contributed by atoms with Crippen LogP contribution < -0.4 is 0 Å². The molecule has 0 saturated carbocycles. The average molecular weight is 347 g/mol. The van der Waals surface area contributed by atoms with Gasteiger partial charge in [-0.3, -0.25) is 4.79 Å². The number of rotatable bonds is 3. The zero-order valence-electron chi connectivity index (χ0n) is 8.59. The first-order valence-corrected chi connectivity index (χ1v) is 6.20. The molecular formula is C11H9Br2NO2. The molecule has 16 heavy (non-hydrogen) atoms. The maximum absolute atomic E-state index is 11.3. The van der Waals surface area contributed by atoms with Crippen LogP contribution >= 0.6 is 31.9 Å². The molecule has 0 heterocycles. The fourth-order valence-corrected chi connectivity index (χ4v) is 2.66. The monoisotopic (exact) mass is 345 g/mol. The Labute approximate surface area is 111 Å². The van der Waals surface area contributed by atoms with E-state index >= 15 is 0 Å². The molecule has 0 spiro atoms. The summed E-state index contributed by atoms with van der Waals surface area (Å²) in [5, 5.41) is 8.99. The fraction of sp³-hybridized carbons (Fsp3) is 0.273. The Balaban J connectivity index is 3.04. The molecule has 1 aromatic carbocycles. The van der Waals surface area contributed by atoms with Gasteiger partial charge in [-0.05, 0) is 40.5 Å². The summed E-state index contributed by atoms with van der Waals surface area (Å²) in [6.07, 6.45) is 0.106. The molecule has 1 rings (SSSR count). The maximum atomic E-state index is 11.3. The number of esters is 1. The van der Waals surface area contributed by atoms with E-state index in [9.17, 15) is 4.79 Å². The minimum absolute atomic E-state index is 0.106. The highest BCUT2D eigenvalue weighted by molar-refractivity contribution is 9.11. The van der Waals surface area contributed by atoms with Crippen molar-refractivity contribution in [2.45, 2.75) is 13.3 Å². The summed E-state index contributed by atoms with van der Waals surface area (Å²) < 4.78 is 6.33. The number of hydrogen-bond acceptors (Lipinski definition) is 3. The number of carbonyl (C=O) groups excluding carboxylic acids is 1. The lowest BCUT2D eigenvalue weighted by Crippen LogP contribution is -2.09. The number of hydrogen-bond donors (Lipinski definition) is 0. The molecule has 0 amide bonds. The van der Waals surface area contributed by atoms with Crippen molar-refractivity contribution >= 4 is 37.8 Å². The first kappa shape index (κ1) is 13.2. The van der Waals surface area contributed by atoms with E-state index in [0.29, 0.717) is 22.2 Å². The topological polar surface area (TPSA) is 50.1 Å². The number of nitriles is 1. The number of nitrogens with zero attached hydrogens (tertiary/aromatic N) is 1. The summed E-state index contributed by atoms with van der Waals surface area (Å²) in [4.78, 5) is 11.3. The second-order valence-electron chi connectivity index (χ2n) is 3.02. The lowest BCUT2D eigenvalue weighted by Gasteiger charge is -2.06. The van der Waals surface area contributed by atoms with Crippen LogP contribution in [0.4, 0.5) is 0 Å². The number of carbonyl (C=O) groups is 1. The van der Waals surface area contributed by atoms with Gasteiger partial charge in [-0.15, -0.1) is 0 Å². The molecule has 0 aliphatic rings. The van der Waals surface area contributed by atoms with E-state index < -0.39 is 0 Å². The average Bonchev–Trinajstić information content (AvgIpc) is 2.17. The number of benzene rings is 1. The highest BCUT2D eigenvalue weighted by Crippen LogP contribution is 2.26. The molecule has 0 aromatic heterocycles. The Morgan fingerprint density at radius 2 is 2.19 bits per heavy atom. The van der Waals surface area contributed by atoms with Crippen molar-refractivity contribution in [3.05, 3.63) is 32.2 Å². The fourth-order valence-electron chi connectivity index (χ4n) is 1.26. The molecular weight excluding hydrogens is 338 g/mol. The Hall–Kier alpha value is -0.860. The molecule has 1 aromatic rings. The van der Waals surface area contributed by atoms with Gasteiger partial charge >= 0.3 is 5.97 Å². The van der Waals surface area contributed by atoms with Crippen LogP contribution in [0.2, 0.25) is 0 Å². The molecule has 0 unspecified atom stereocenters. The lowest BCUT2D eigenvalue weighted by atomic mass is 10.1. The summed E-state index contributed by atoms with van der Waals surface area (Å²) in [6, 6.07) is 5.58. The van der Waals surface area contributed by atoms with Gasteiger partial charge in [0.05, 0.1) is 18.6 Å². The highest BCUT2D eigenvalue weighted by atomic mass is 79.9. The molecule has 0 atom stereocenters. The van der Waals surface area contributed by atoms with E-state index in [1.807, 2.05) is 0 Å². The molecule has 0 aliphatic carbocycles. The Bertz CT molecular complexity index is 452. The summed E-state index contributed by atoms with van der Waals surface area (Å²) in [7, 11) is 0. The van der Waals surface area contributed by atoms with Crippen molar-refractivity contribution in [1.29, 1.82) is 5.26 Å². The standard InChI is InChI=1S/C11H9Br2NO2/c1-2-16-11(15)4-7-3-8(12)5-10(13)9(7)6-14/h3,5H,2,4H2,1H3. The van der Waals surface area contributed by atoms with Crippen LogP contribution in [0.15, 0.2) is 21.1 Å². The van der Waals surface area contributed by atoms with Crippen LogP contribution in [-0.4, -0.2) is 12.6 Å². The molecule has 3 nitrogen and oxygen atoms in total. The SMILES string of the molecule is CCOC(=O)Cc1cc(Br)cc(Br)c1C#N. The van der Waals surface area contributed by atoms with Crippen LogP contribution in [0.1, 0.15) is 18.1 Å². The third-order valence-corrected chi connectivity index (χ3v) is 2.97. The van der Waals surface area contributed by atoms with E-state index in [2.05, 4.69) is 37.9 Å². The van der Waals surface area contributed by atoms with Gasteiger partial charge in [0.25, 0.3) is 0 Å². The maximum Gasteiger partial charge on any atom is 0.310 e. The van der Waals surface area contributed by atoms with Gasteiger partial charge in [0.2, 0.25) is 0 Å². The van der Waals surface area contributed by atoms with Gasteiger partial charge in [0.1, 0.15) is 6.07 Å². The zero-order valence-corrected chi connectivity index (χ0v) is 11.8. The van der Waals surface area contributed by atoms with E-state index in [-0.39, 0.29) is 12.4 Å². The first-order chi connectivity index (χ1) is 7.58. The van der Waals surface area contributed by atoms with E-state index in [1.54, 1.807) is 19.1 Å². The predicted octanol–water partition coefficient (Wildman–Crippen LogP) is 3.19. The Morgan fingerprint density at radius 3 is 2.75 bits per heavy atom. The molecule has 0 saturated heterocycles. The van der Waals surface area contributed by atoms with Crippen LogP contribution in [0.3, 0.4) is 0 Å². The van der Waals surface area contributed by atoms with Crippen molar-refractivity contribution in [2.75, 3.05) is 6.61 Å². The van der Waals surface area contributed by atoms with Crippen LogP contribution in [0.5, 0.6) is 0 Å². The van der Waals surface area contributed by atoms with Gasteiger partial charge in [-0.2, -0.15) is 5.26 Å². The molecule has 0 aliphatic heterocycles. The van der Waals surface area contributed by atoms with Crippen molar-refractivity contribution in [3.8, 4) is 6.07 Å². The first-order valence-electron chi connectivity index (χ1n) is 4.62. The molecule has 0 N–H and O–H groups in total. The number of halogens is 2. The van der Waals surface area contributed by atoms with Gasteiger partial charge in [-0.1, -0.05) is 15.9 Å². The summed E-state index contributed by atoms with van der Waals surface area (Å²) in [5.74, 6) is -0.330. The van der Waals surface area contributed by atoms with Crippen molar-refractivity contribution in [1.82, 2.24) is 0 Å². The van der Waals surface area contributed by atoms with Gasteiger partial charge in [-0.25, -0.2) is 0 Å². The predicted molar refractivity (Wildman–Crippen MR) is 66.9 cm³/mol. The Morgan fingerprint density at radius 1 is 1.50 bits per heavy atom. The van der Waals surface area contributed by atoms with Crippen molar-refractivity contribution < 1.29 is 9.53 Å². The number of ether oxygens (including phenoxy) is 1. The lowest BCUT2D eigenvalue weighted by molar-refractivity contribution is -0.142. The molecule has 0 fully saturated rings. The normalized spacial score (nSPS) is 9.62. The van der Waals surface area contributed by atoms with Crippen LogP contribution in [0, 0.1) is 11.3 Å². The minimum Gasteiger partial charge on any atom is -0.466 e. The van der Waals surface area contributed by atoms with Crippen molar-refractivity contribution in [2.24, 2.45) is 0 Å². The molecule has 0 bridgehead atoms. The summed E-state index contributed by atoms with van der Waals surface area (Å²) in [5.41, 5.74) is 1.12. The quantitative estimate of drug-likeness (QED) is 0.790. The second kappa shape index (κ2) is 6.02. The van der Waals surface area contributed by atoms with Gasteiger partial charge < -0.3 is 4.74 Å². The second-order valence-corrected chi connectivity index (χ2v) is 4.79. The molecule has 0 radical (unpaired) electrons. The smallest absolute Gasteiger partial charge is 0.310 e. The van der Waals surface area contributed by atoms with E-state index in [1.165, 1.54) is 0 Å². The third-order valence-electron chi connectivity index (χ3n) is 1.89. The molecule has 5 heteroatoms. The van der Waals surface area contributed by atoms with Gasteiger partial charge in [0, 0.05) is 8.95 Å². The highest BCUT2D eigenvalue weighted by Gasteiger charge is 2.12. The van der Waals surface area contributed by atoms with Crippen LogP contribution in [0.25, 0.3) is 0 Å².